The van der Waals surface area contributed by atoms with E-state index in [1.807, 2.05) is 36.7 Å². The SMILES string of the molecule is c1ccc(-c2cncc(-c3ccccc3)c2-c2ccc3c(oc4c(-n5c6ccccc6c6ccc7c8ccccc8oc7c65)cccc43)c2-c2ccc3oc4ccccc4c3c2)cc1. The lowest BCUT2D eigenvalue weighted by molar-refractivity contribution is 0.665. The lowest BCUT2D eigenvalue weighted by Gasteiger charge is -2.19. The highest BCUT2D eigenvalue weighted by Gasteiger charge is 2.26. The summed E-state index contributed by atoms with van der Waals surface area (Å²) in [6, 6.07) is 68.3. The molecule has 0 fully saturated rings. The molecule has 0 radical (unpaired) electrons. The van der Waals surface area contributed by atoms with Crippen LogP contribution in [0.15, 0.2) is 220 Å². The van der Waals surface area contributed by atoms with Crippen LogP contribution in [0.2, 0.25) is 0 Å². The molecule has 5 nitrogen and oxygen atoms in total. The van der Waals surface area contributed by atoms with Crippen LogP contribution in [0, 0.1) is 0 Å². The van der Waals surface area contributed by atoms with E-state index in [-0.39, 0.29) is 0 Å². The number of benzene rings is 9. The van der Waals surface area contributed by atoms with Gasteiger partial charge in [0, 0.05) is 77.7 Å². The van der Waals surface area contributed by atoms with Gasteiger partial charge in [-0.25, -0.2) is 0 Å². The van der Waals surface area contributed by atoms with Crippen molar-refractivity contribution in [2.24, 2.45) is 0 Å². The third kappa shape index (κ3) is 4.98. The van der Waals surface area contributed by atoms with Gasteiger partial charge in [-0.1, -0.05) is 146 Å². The minimum Gasteiger partial charge on any atom is -0.456 e. The molecule has 0 atom stereocenters. The molecule has 64 heavy (non-hydrogen) atoms. The first-order valence-corrected chi connectivity index (χ1v) is 21.6. The fourth-order valence-electron chi connectivity index (χ4n) is 10.3. The maximum atomic E-state index is 7.51. The smallest absolute Gasteiger partial charge is 0.160 e. The molecule has 0 unspecified atom stereocenters. The first-order valence-electron chi connectivity index (χ1n) is 21.6. The van der Waals surface area contributed by atoms with Crippen LogP contribution in [0.5, 0.6) is 0 Å². The Bertz CT molecular complexity index is 4130. The zero-order chi connectivity index (χ0) is 41.9. The zero-order valence-corrected chi connectivity index (χ0v) is 34.2. The summed E-state index contributed by atoms with van der Waals surface area (Å²) >= 11 is 0. The van der Waals surface area contributed by atoms with Crippen molar-refractivity contribution < 1.29 is 13.3 Å². The molecule has 0 aliphatic rings. The van der Waals surface area contributed by atoms with Gasteiger partial charge in [-0.05, 0) is 70.8 Å². The number of para-hydroxylation sites is 4. The van der Waals surface area contributed by atoms with Crippen molar-refractivity contribution in [3.8, 4) is 50.2 Å². The fourth-order valence-corrected chi connectivity index (χ4v) is 10.3. The van der Waals surface area contributed by atoms with Crippen LogP contribution < -0.4 is 0 Å². The second-order valence-electron chi connectivity index (χ2n) is 16.6. The number of hydrogen-bond acceptors (Lipinski definition) is 4. The molecule has 0 aliphatic heterocycles. The van der Waals surface area contributed by atoms with Crippen molar-refractivity contribution in [3.63, 3.8) is 0 Å². The number of aromatic nitrogens is 2. The molecule has 14 rings (SSSR count). The van der Waals surface area contributed by atoms with E-state index < -0.39 is 0 Å². The Balaban J connectivity index is 1.13. The number of furan rings is 3. The van der Waals surface area contributed by atoms with Crippen molar-refractivity contribution in [1.82, 2.24) is 9.55 Å². The molecule has 5 heteroatoms. The Morgan fingerprint density at radius 2 is 0.906 bits per heavy atom. The van der Waals surface area contributed by atoms with Gasteiger partial charge in [-0.2, -0.15) is 0 Å². The van der Waals surface area contributed by atoms with Crippen LogP contribution in [0.1, 0.15) is 0 Å². The highest BCUT2D eigenvalue weighted by molar-refractivity contribution is 6.23. The minimum atomic E-state index is 0.794. The molecule has 0 aliphatic carbocycles. The van der Waals surface area contributed by atoms with E-state index in [0.29, 0.717) is 0 Å². The van der Waals surface area contributed by atoms with Crippen LogP contribution in [-0.2, 0) is 0 Å². The summed E-state index contributed by atoms with van der Waals surface area (Å²) in [6.45, 7) is 0. The first-order chi connectivity index (χ1) is 31.8. The van der Waals surface area contributed by atoms with Crippen LogP contribution in [0.25, 0.3) is 138 Å². The molecule has 5 heterocycles. The van der Waals surface area contributed by atoms with Crippen LogP contribution in [-0.4, -0.2) is 9.55 Å². The molecule has 5 aromatic heterocycles. The second-order valence-corrected chi connectivity index (χ2v) is 16.6. The Kier molecular flexibility index (Phi) is 7.33. The van der Waals surface area contributed by atoms with Crippen molar-refractivity contribution in [3.05, 3.63) is 207 Å². The summed E-state index contributed by atoms with van der Waals surface area (Å²) in [6.07, 6.45) is 3.99. The predicted molar refractivity (Wildman–Crippen MR) is 262 cm³/mol. The van der Waals surface area contributed by atoms with Gasteiger partial charge in [-0.3, -0.25) is 4.98 Å². The summed E-state index contributed by atoms with van der Waals surface area (Å²) < 4.78 is 23.0. The number of fused-ring (bicyclic) bond motifs is 13. The lowest BCUT2D eigenvalue weighted by Crippen LogP contribution is -1.95. The van der Waals surface area contributed by atoms with Gasteiger partial charge in [-0.15, -0.1) is 0 Å². The van der Waals surface area contributed by atoms with Crippen LogP contribution >= 0.6 is 0 Å². The molecule has 0 bridgehead atoms. The minimum absolute atomic E-state index is 0.794. The van der Waals surface area contributed by atoms with Crippen molar-refractivity contribution in [1.29, 1.82) is 0 Å². The summed E-state index contributed by atoms with van der Waals surface area (Å²) in [4.78, 5) is 4.87. The summed E-state index contributed by atoms with van der Waals surface area (Å²) in [5.74, 6) is 0. The Morgan fingerprint density at radius 3 is 1.67 bits per heavy atom. The van der Waals surface area contributed by atoms with Crippen molar-refractivity contribution in [2.45, 2.75) is 0 Å². The number of rotatable bonds is 5. The molecular formula is C59H34N2O3. The second kappa shape index (κ2) is 13.4. The summed E-state index contributed by atoms with van der Waals surface area (Å²) in [5.41, 5.74) is 16.4. The highest BCUT2D eigenvalue weighted by Crippen LogP contribution is 2.50. The maximum Gasteiger partial charge on any atom is 0.160 e. The topological polar surface area (TPSA) is 57.2 Å². The number of hydrogen-bond donors (Lipinski definition) is 0. The molecule has 298 valence electrons. The van der Waals surface area contributed by atoms with Gasteiger partial charge in [0.2, 0.25) is 0 Å². The van der Waals surface area contributed by atoms with Crippen molar-refractivity contribution in [2.75, 3.05) is 0 Å². The first kappa shape index (κ1) is 35.0. The van der Waals surface area contributed by atoms with E-state index >= 15 is 0 Å². The van der Waals surface area contributed by atoms with Crippen LogP contribution in [0.3, 0.4) is 0 Å². The molecule has 0 saturated heterocycles. The Morgan fingerprint density at radius 1 is 0.328 bits per heavy atom. The van der Waals surface area contributed by atoms with E-state index in [1.165, 1.54) is 0 Å². The molecule has 14 aromatic rings. The van der Waals surface area contributed by atoms with Gasteiger partial charge in [0.25, 0.3) is 0 Å². The molecule has 0 N–H and O–H groups in total. The fraction of sp³-hybridized carbons (Fsp3) is 0. The molecule has 0 saturated carbocycles. The lowest BCUT2D eigenvalue weighted by atomic mass is 9.85. The van der Waals surface area contributed by atoms with E-state index in [9.17, 15) is 0 Å². The standard InChI is InChI=1S/C59H34N2O3/c1-3-14-35(15-4-1)47-33-60-34-48(36-16-5-2-6-17-36)55(47)45-30-29-44-42-21-13-23-50(57(42)64-58(44)54(45)37-26-31-53-46(32-37)40-20-9-11-24-51(40)62-53)61-49-22-10-7-18-38(49)41-27-28-43-39-19-8-12-25-52(39)63-59(43)56(41)61/h1-34H. The van der Waals surface area contributed by atoms with Gasteiger partial charge >= 0.3 is 0 Å². The monoisotopic (exact) mass is 818 g/mol. The van der Waals surface area contributed by atoms with Crippen molar-refractivity contribution >= 4 is 87.6 Å². The van der Waals surface area contributed by atoms with Gasteiger partial charge in [0.05, 0.1) is 16.7 Å². The predicted octanol–water partition coefficient (Wildman–Crippen LogP) is 16.5. The number of nitrogens with zero attached hydrogens (tertiary/aromatic N) is 2. The largest absolute Gasteiger partial charge is 0.456 e. The van der Waals surface area contributed by atoms with Crippen LogP contribution in [0.4, 0.5) is 0 Å². The average molecular weight is 819 g/mol. The normalized spacial score (nSPS) is 12.1. The van der Waals surface area contributed by atoms with E-state index in [1.54, 1.807) is 0 Å². The quantitative estimate of drug-likeness (QED) is 0.174. The number of pyridine rings is 1. The third-order valence-electron chi connectivity index (χ3n) is 13.1. The highest BCUT2D eigenvalue weighted by atomic mass is 16.3. The zero-order valence-electron chi connectivity index (χ0n) is 34.2. The van der Waals surface area contributed by atoms with E-state index in [4.69, 9.17) is 18.2 Å². The van der Waals surface area contributed by atoms with Gasteiger partial charge < -0.3 is 17.8 Å². The molecular weight excluding hydrogens is 785 g/mol. The third-order valence-corrected chi connectivity index (χ3v) is 13.1. The Hall–Kier alpha value is -8.67. The van der Waals surface area contributed by atoms with Gasteiger partial charge in [0.15, 0.2) is 11.2 Å². The summed E-state index contributed by atoms with van der Waals surface area (Å²) in [7, 11) is 0. The van der Waals surface area contributed by atoms with Gasteiger partial charge in [0.1, 0.15) is 22.3 Å². The maximum absolute atomic E-state index is 7.51. The average Bonchev–Trinajstić information content (AvgIpc) is 4.13. The summed E-state index contributed by atoms with van der Waals surface area (Å²) in [5, 5.41) is 8.63. The van der Waals surface area contributed by atoms with E-state index in [0.717, 1.165) is 138 Å². The molecule has 0 spiro atoms. The molecule has 9 aromatic carbocycles. The Labute approximate surface area is 365 Å². The van der Waals surface area contributed by atoms with E-state index in [2.05, 4.69) is 174 Å². The molecule has 0 amide bonds.